The van der Waals surface area contributed by atoms with Crippen LogP contribution in [0.3, 0.4) is 0 Å². The minimum Gasteiger partial charge on any atom is -0.367 e. The van der Waals surface area contributed by atoms with E-state index in [1.165, 1.54) is 37.8 Å². The molecule has 5 heteroatoms. The third-order valence-electron chi connectivity index (χ3n) is 3.64. The molecule has 1 aliphatic carbocycles. The molecule has 21 heavy (non-hydrogen) atoms. The van der Waals surface area contributed by atoms with E-state index in [4.69, 9.17) is 0 Å². The van der Waals surface area contributed by atoms with Gasteiger partial charge >= 0.3 is 0 Å². The second kappa shape index (κ2) is 6.08. The van der Waals surface area contributed by atoms with Gasteiger partial charge in [0.25, 0.3) is 0 Å². The molecule has 0 aliphatic heterocycles. The number of nitrogens with one attached hydrogen (secondary N) is 2. The van der Waals surface area contributed by atoms with Crippen molar-refractivity contribution in [3.8, 4) is 0 Å². The second-order valence-electron chi connectivity index (χ2n) is 5.48. The smallest absolute Gasteiger partial charge is 0.229 e. The van der Waals surface area contributed by atoms with Crippen LogP contribution in [0.4, 0.5) is 21.8 Å². The molecule has 1 aromatic carbocycles. The van der Waals surface area contributed by atoms with E-state index in [9.17, 15) is 4.39 Å². The summed E-state index contributed by atoms with van der Waals surface area (Å²) in [6.45, 7) is 1.93. The third-order valence-corrected chi connectivity index (χ3v) is 3.64. The van der Waals surface area contributed by atoms with E-state index in [0.717, 1.165) is 11.5 Å². The largest absolute Gasteiger partial charge is 0.367 e. The van der Waals surface area contributed by atoms with Gasteiger partial charge in [-0.15, -0.1) is 0 Å². The minimum atomic E-state index is -0.281. The zero-order chi connectivity index (χ0) is 14.7. The molecule has 0 bridgehead atoms. The van der Waals surface area contributed by atoms with E-state index in [2.05, 4.69) is 20.6 Å². The van der Waals surface area contributed by atoms with Crippen LogP contribution in [-0.2, 0) is 0 Å². The Labute approximate surface area is 123 Å². The Morgan fingerprint density at radius 2 is 1.95 bits per heavy atom. The third kappa shape index (κ3) is 3.68. The Kier molecular flexibility index (Phi) is 3.99. The van der Waals surface area contributed by atoms with Crippen molar-refractivity contribution in [3.63, 3.8) is 0 Å². The van der Waals surface area contributed by atoms with Gasteiger partial charge in [-0.1, -0.05) is 18.9 Å². The van der Waals surface area contributed by atoms with Gasteiger partial charge in [0.1, 0.15) is 11.6 Å². The van der Waals surface area contributed by atoms with Crippen molar-refractivity contribution in [1.29, 1.82) is 0 Å². The summed E-state index contributed by atoms with van der Waals surface area (Å²) < 4.78 is 13.2. The Morgan fingerprint density at radius 3 is 2.71 bits per heavy atom. The van der Waals surface area contributed by atoms with Crippen molar-refractivity contribution < 1.29 is 4.39 Å². The molecule has 2 N–H and O–H groups in total. The van der Waals surface area contributed by atoms with Gasteiger partial charge in [0.2, 0.25) is 5.95 Å². The van der Waals surface area contributed by atoms with Crippen LogP contribution in [0.15, 0.2) is 30.3 Å². The molecule has 0 saturated heterocycles. The highest BCUT2D eigenvalue weighted by Gasteiger charge is 2.15. The molecule has 0 unspecified atom stereocenters. The van der Waals surface area contributed by atoms with Crippen LogP contribution in [0.1, 0.15) is 31.4 Å². The molecule has 1 fully saturated rings. The number of anilines is 3. The normalized spacial score (nSPS) is 15.1. The summed E-state index contributed by atoms with van der Waals surface area (Å²) in [6, 6.07) is 8.73. The number of aromatic nitrogens is 2. The molecule has 110 valence electrons. The fourth-order valence-electron chi connectivity index (χ4n) is 2.67. The average Bonchev–Trinajstić information content (AvgIpc) is 2.90. The van der Waals surface area contributed by atoms with Gasteiger partial charge in [-0.25, -0.2) is 9.37 Å². The van der Waals surface area contributed by atoms with E-state index in [0.29, 0.717) is 17.7 Å². The fraction of sp³-hybridized carbons (Fsp3) is 0.375. The molecule has 3 rings (SSSR count). The highest BCUT2D eigenvalue weighted by atomic mass is 19.1. The summed E-state index contributed by atoms with van der Waals surface area (Å²) in [7, 11) is 0. The Balaban J connectivity index is 1.77. The molecular formula is C16H19FN4. The highest BCUT2D eigenvalue weighted by molar-refractivity contribution is 5.55. The lowest BCUT2D eigenvalue weighted by Crippen LogP contribution is -2.16. The molecule has 0 radical (unpaired) electrons. The highest BCUT2D eigenvalue weighted by Crippen LogP contribution is 2.23. The topological polar surface area (TPSA) is 49.8 Å². The van der Waals surface area contributed by atoms with Gasteiger partial charge in [-0.05, 0) is 38.0 Å². The molecule has 0 amide bonds. The van der Waals surface area contributed by atoms with Crippen molar-refractivity contribution in [2.75, 3.05) is 10.6 Å². The first-order valence-corrected chi connectivity index (χ1v) is 7.34. The number of nitrogens with zero attached hydrogens (tertiary/aromatic N) is 2. The molecule has 1 heterocycles. The van der Waals surface area contributed by atoms with Crippen molar-refractivity contribution >= 4 is 17.5 Å². The molecular weight excluding hydrogens is 267 g/mol. The van der Waals surface area contributed by atoms with Gasteiger partial charge in [-0.2, -0.15) is 4.98 Å². The van der Waals surface area contributed by atoms with Crippen LogP contribution < -0.4 is 10.6 Å². The second-order valence-corrected chi connectivity index (χ2v) is 5.48. The molecule has 1 saturated carbocycles. The number of benzene rings is 1. The van der Waals surface area contributed by atoms with Crippen LogP contribution in [0.2, 0.25) is 0 Å². The van der Waals surface area contributed by atoms with Crippen molar-refractivity contribution in [2.45, 2.75) is 38.6 Å². The number of aryl methyl sites for hydroxylation is 1. The predicted octanol–water partition coefficient (Wildman–Crippen LogP) is 4.02. The minimum absolute atomic E-state index is 0.281. The average molecular weight is 286 g/mol. The van der Waals surface area contributed by atoms with Crippen LogP contribution in [-0.4, -0.2) is 16.0 Å². The molecule has 4 nitrogen and oxygen atoms in total. The van der Waals surface area contributed by atoms with Gasteiger partial charge in [0, 0.05) is 23.5 Å². The molecule has 1 aliphatic rings. The van der Waals surface area contributed by atoms with E-state index in [1.807, 2.05) is 13.0 Å². The first-order chi connectivity index (χ1) is 10.2. The van der Waals surface area contributed by atoms with Crippen LogP contribution in [0, 0.1) is 12.7 Å². The van der Waals surface area contributed by atoms with E-state index >= 15 is 0 Å². The molecule has 1 aromatic heterocycles. The van der Waals surface area contributed by atoms with E-state index < -0.39 is 0 Å². The summed E-state index contributed by atoms with van der Waals surface area (Å²) in [4.78, 5) is 8.81. The lowest BCUT2D eigenvalue weighted by molar-refractivity contribution is 0.628. The zero-order valence-corrected chi connectivity index (χ0v) is 12.1. The quantitative estimate of drug-likeness (QED) is 0.891. The molecule has 0 atom stereocenters. The van der Waals surface area contributed by atoms with Crippen molar-refractivity contribution in [3.05, 3.63) is 41.8 Å². The number of hydrogen-bond donors (Lipinski definition) is 2. The summed E-state index contributed by atoms with van der Waals surface area (Å²) in [5, 5.41) is 6.50. The van der Waals surface area contributed by atoms with Gasteiger partial charge in [0.15, 0.2) is 0 Å². The summed E-state index contributed by atoms with van der Waals surface area (Å²) in [5.41, 5.74) is 1.52. The predicted molar refractivity (Wildman–Crippen MR) is 82.3 cm³/mol. The van der Waals surface area contributed by atoms with Gasteiger partial charge in [-0.3, -0.25) is 0 Å². The molecule has 2 aromatic rings. The standard InChI is InChI=1S/C16H19FN4/c1-11-9-15(19-13-6-2-3-7-13)21-16(18-11)20-14-8-4-5-12(17)10-14/h4-5,8-10,13H,2-3,6-7H2,1H3,(H2,18,19,20,21). The maximum atomic E-state index is 13.2. The van der Waals surface area contributed by atoms with Gasteiger partial charge in [0.05, 0.1) is 0 Å². The summed E-state index contributed by atoms with van der Waals surface area (Å²) in [5.74, 6) is 1.03. The number of hydrogen-bond acceptors (Lipinski definition) is 4. The Bertz CT molecular complexity index is 623. The van der Waals surface area contributed by atoms with Crippen LogP contribution in [0.5, 0.6) is 0 Å². The Hall–Kier alpha value is -2.17. The fourth-order valence-corrected chi connectivity index (χ4v) is 2.67. The van der Waals surface area contributed by atoms with Crippen LogP contribution >= 0.6 is 0 Å². The Morgan fingerprint density at radius 1 is 1.14 bits per heavy atom. The molecule has 0 spiro atoms. The van der Waals surface area contributed by atoms with Crippen LogP contribution in [0.25, 0.3) is 0 Å². The van der Waals surface area contributed by atoms with E-state index in [-0.39, 0.29) is 5.82 Å². The summed E-state index contributed by atoms with van der Waals surface area (Å²) >= 11 is 0. The number of rotatable bonds is 4. The SMILES string of the molecule is Cc1cc(NC2CCCC2)nc(Nc2cccc(F)c2)n1. The lowest BCUT2D eigenvalue weighted by atomic mass is 10.2. The van der Waals surface area contributed by atoms with Crippen molar-refractivity contribution in [2.24, 2.45) is 0 Å². The van der Waals surface area contributed by atoms with E-state index in [1.54, 1.807) is 12.1 Å². The first-order valence-electron chi connectivity index (χ1n) is 7.34. The maximum absolute atomic E-state index is 13.2. The first kappa shape index (κ1) is 13.8. The van der Waals surface area contributed by atoms with Gasteiger partial charge < -0.3 is 10.6 Å². The van der Waals surface area contributed by atoms with Crippen molar-refractivity contribution in [1.82, 2.24) is 9.97 Å². The summed E-state index contributed by atoms with van der Waals surface area (Å²) in [6.07, 6.45) is 4.93. The maximum Gasteiger partial charge on any atom is 0.229 e. The lowest BCUT2D eigenvalue weighted by Gasteiger charge is -2.14. The monoisotopic (exact) mass is 286 g/mol. The zero-order valence-electron chi connectivity index (χ0n) is 12.1. The number of halogens is 1.